The Kier molecular flexibility index (Phi) is 2.71. The molecule has 1 aromatic rings. The van der Waals surface area contributed by atoms with Gasteiger partial charge in [0.25, 0.3) is 0 Å². The molecule has 0 spiro atoms. The third-order valence-electron chi connectivity index (χ3n) is 1.89. The number of phenolic OH excluding ortho intramolecular Hbond substituents is 1. The molecule has 0 bridgehead atoms. The zero-order chi connectivity index (χ0) is 9.14. The monoisotopic (exact) mass is 166 g/mol. The van der Waals surface area contributed by atoms with Crippen LogP contribution < -0.4 is 0 Å². The smallest absolute Gasteiger partial charge is 0.116 e. The lowest BCUT2D eigenvalue weighted by Crippen LogP contribution is -1.92. The minimum atomic E-state index is -0.512. The molecule has 2 heteroatoms. The van der Waals surface area contributed by atoms with Crippen LogP contribution in [0.1, 0.15) is 31.1 Å². The van der Waals surface area contributed by atoms with Gasteiger partial charge in [0.1, 0.15) is 5.75 Å². The van der Waals surface area contributed by atoms with Crippen LogP contribution in [0.2, 0.25) is 0 Å². The largest absolute Gasteiger partial charge is 0.508 e. The second kappa shape index (κ2) is 3.59. The van der Waals surface area contributed by atoms with Crippen LogP contribution in [0.25, 0.3) is 0 Å². The van der Waals surface area contributed by atoms with Crippen molar-refractivity contribution in [3.05, 3.63) is 29.3 Å². The van der Waals surface area contributed by atoms with Crippen molar-refractivity contribution in [1.82, 2.24) is 0 Å². The van der Waals surface area contributed by atoms with Crippen molar-refractivity contribution in [2.75, 3.05) is 0 Å². The molecule has 1 unspecified atom stereocenters. The van der Waals surface area contributed by atoms with E-state index in [9.17, 15) is 10.2 Å². The molecule has 0 radical (unpaired) electrons. The molecule has 1 atom stereocenters. The number of hydrogen-bond donors (Lipinski definition) is 2. The van der Waals surface area contributed by atoms with E-state index >= 15 is 0 Å². The van der Waals surface area contributed by atoms with Crippen molar-refractivity contribution in [3.63, 3.8) is 0 Å². The van der Waals surface area contributed by atoms with Gasteiger partial charge in [0.2, 0.25) is 0 Å². The van der Waals surface area contributed by atoms with E-state index in [0.29, 0.717) is 0 Å². The number of aliphatic hydroxyl groups excluding tert-OH is 1. The van der Waals surface area contributed by atoms with Crippen molar-refractivity contribution in [3.8, 4) is 5.75 Å². The van der Waals surface area contributed by atoms with Gasteiger partial charge in [0, 0.05) is 0 Å². The average Bonchev–Trinajstić information content (AvgIpc) is 2.03. The fourth-order valence-corrected chi connectivity index (χ4v) is 1.15. The molecule has 1 rings (SSSR count). The lowest BCUT2D eigenvalue weighted by molar-refractivity contribution is 0.199. The van der Waals surface area contributed by atoms with Gasteiger partial charge in [-0.2, -0.15) is 0 Å². The molecule has 2 nitrogen and oxygen atoms in total. The third-order valence-corrected chi connectivity index (χ3v) is 1.89. The highest BCUT2D eigenvalue weighted by Crippen LogP contribution is 2.20. The van der Waals surface area contributed by atoms with Crippen LogP contribution in [-0.4, -0.2) is 10.2 Å². The average molecular weight is 166 g/mol. The maximum Gasteiger partial charge on any atom is 0.116 e. The van der Waals surface area contributed by atoms with Gasteiger partial charge in [-0.3, -0.25) is 0 Å². The Hall–Kier alpha value is -1.02. The van der Waals surface area contributed by atoms with Gasteiger partial charge in [-0.1, -0.05) is 13.0 Å². The summed E-state index contributed by atoms with van der Waals surface area (Å²) in [6.07, 6.45) is 0.357. The van der Waals surface area contributed by atoms with Crippen LogP contribution in [-0.2, 0) is 6.42 Å². The van der Waals surface area contributed by atoms with E-state index in [4.69, 9.17) is 0 Å². The molecule has 0 saturated carbocycles. The van der Waals surface area contributed by atoms with Crippen LogP contribution >= 0.6 is 0 Å². The molecule has 1 aromatic carbocycles. The first-order chi connectivity index (χ1) is 5.63. The quantitative estimate of drug-likeness (QED) is 0.705. The van der Waals surface area contributed by atoms with Gasteiger partial charge in [-0.15, -0.1) is 0 Å². The van der Waals surface area contributed by atoms with E-state index < -0.39 is 6.10 Å². The predicted molar refractivity (Wildman–Crippen MR) is 48.1 cm³/mol. The van der Waals surface area contributed by atoms with Crippen molar-refractivity contribution in [2.24, 2.45) is 0 Å². The van der Waals surface area contributed by atoms with Gasteiger partial charge in [-0.25, -0.2) is 0 Å². The second-order valence-electron chi connectivity index (χ2n) is 2.96. The molecule has 0 aromatic heterocycles. The first-order valence-corrected chi connectivity index (χ1v) is 4.14. The third kappa shape index (κ3) is 1.98. The first kappa shape index (κ1) is 9.07. The Morgan fingerprint density at radius 3 is 2.50 bits per heavy atom. The highest BCUT2D eigenvalue weighted by Gasteiger charge is 2.03. The number of hydrogen-bond acceptors (Lipinski definition) is 2. The van der Waals surface area contributed by atoms with Crippen LogP contribution in [0.4, 0.5) is 0 Å². The molecular weight excluding hydrogens is 152 g/mol. The molecule has 0 aliphatic rings. The summed E-state index contributed by atoms with van der Waals surface area (Å²) >= 11 is 0. The molecule has 0 fully saturated rings. The predicted octanol–water partition coefficient (Wildman–Crippen LogP) is 2.01. The van der Waals surface area contributed by atoms with E-state index in [2.05, 4.69) is 0 Å². The first-order valence-electron chi connectivity index (χ1n) is 4.14. The van der Waals surface area contributed by atoms with Crippen LogP contribution in [0.5, 0.6) is 5.75 Å². The zero-order valence-corrected chi connectivity index (χ0v) is 7.41. The lowest BCUT2D eigenvalue weighted by atomic mass is 10.1. The van der Waals surface area contributed by atoms with Crippen LogP contribution in [0.3, 0.4) is 0 Å². The second-order valence-corrected chi connectivity index (χ2v) is 2.96. The summed E-state index contributed by atoms with van der Waals surface area (Å²) in [6, 6.07) is 5.21. The molecule has 0 aliphatic carbocycles. The summed E-state index contributed by atoms with van der Waals surface area (Å²) in [5.41, 5.74) is 1.82. The molecular formula is C10H14O2. The number of aromatic hydroxyl groups is 1. The minimum Gasteiger partial charge on any atom is -0.508 e. The molecule has 0 aliphatic heterocycles. The van der Waals surface area contributed by atoms with Crippen molar-refractivity contribution in [2.45, 2.75) is 26.4 Å². The maximum atomic E-state index is 9.26. The van der Waals surface area contributed by atoms with Crippen molar-refractivity contribution >= 4 is 0 Å². The maximum absolute atomic E-state index is 9.26. The Bertz CT molecular complexity index is 267. The number of rotatable bonds is 2. The summed E-state index contributed by atoms with van der Waals surface area (Å²) in [5.74, 6) is 0.227. The summed E-state index contributed by atoms with van der Waals surface area (Å²) in [6.45, 7) is 3.70. The number of phenols is 1. The van der Waals surface area contributed by atoms with Gasteiger partial charge in [0.05, 0.1) is 6.10 Å². The van der Waals surface area contributed by atoms with Gasteiger partial charge >= 0.3 is 0 Å². The SMILES string of the molecule is CCc1cc(O)cc(C(C)O)c1. The van der Waals surface area contributed by atoms with E-state index in [1.165, 1.54) is 0 Å². The zero-order valence-electron chi connectivity index (χ0n) is 7.41. The number of aryl methyl sites for hydroxylation is 1. The Morgan fingerprint density at radius 1 is 1.33 bits per heavy atom. The molecule has 0 amide bonds. The fourth-order valence-electron chi connectivity index (χ4n) is 1.15. The summed E-state index contributed by atoms with van der Waals surface area (Å²) < 4.78 is 0. The number of aliphatic hydroxyl groups is 1. The topological polar surface area (TPSA) is 40.5 Å². The molecule has 2 N–H and O–H groups in total. The lowest BCUT2D eigenvalue weighted by Gasteiger charge is -2.07. The van der Waals surface area contributed by atoms with Gasteiger partial charge in [-0.05, 0) is 36.6 Å². The van der Waals surface area contributed by atoms with Crippen molar-refractivity contribution < 1.29 is 10.2 Å². The minimum absolute atomic E-state index is 0.227. The molecule has 0 heterocycles. The van der Waals surface area contributed by atoms with E-state index in [1.54, 1.807) is 19.1 Å². The summed E-state index contributed by atoms with van der Waals surface area (Å²) in [5, 5.41) is 18.5. The van der Waals surface area contributed by atoms with E-state index in [0.717, 1.165) is 17.5 Å². The Labute approximate surface area is 72.5 Å². The fraction of sp³-hybridized carbons (Fsp3) is 0.400. The standard InChI is InChI=1S/C10H14O2/c1-3-8-4-9(7(2)11)6-10(12)5-8/h4-7,11-12H,3H2,1-2H3. The van der Waals surface area contributed by atoms with Crippen molar-refractivity contribution in [1.29, 1.82) is 0 Å². The van der Waals surface area contributed by atoms with Gasteiger partial charge < -0.3 is 10.2 Å². The van der Waals surface area contributed by atoms with Gasteiger partial charge in [0.15, 0.2) is 0 Å². The highest BCUT2D eigenvalue weighted by molar-refractivity contribution is 5.34. The Morgan fingerprint density at radius 2 is 2.00 bits per heavy atom. The van der Waals surface area contributed by atoms with Crippen LogP contribution in [0, 0.1) is 0 Å². The summed E-state index contributed by atoms with van der Waals surface area (Å²) in [4.78, 5) is 0. The molecule has 66 valence electrons. The Balaban J connectivity index is 3.06. The van der Waals surface area contributed by atoms with Crippen LogP contribution in [0.15, 0.2) is 18.2 Å². The number of benzene rings is 1. The highest BCUT2D eigenvalue weighted by atomic mass is 16.3. The molecule has 0 saturated heterocycles. The summed E-state index contributed by atoms with van der Waals surface area (Å²) in [7, 11) is 0. The molecule has 12 heavy (non-hydrogen) atoms. The van der Waals surface area contributed by atoms with E-state index in [1.807, 2.05) is 13.0 Å². The normalized spacial score (nSPS) is 12.9. The van der Waals surface area contributed by atoms with E-state index in [-0.39, 0.29) is 5.75 Å².